The van der Waals surface area contributed by atoms with Crippen LogP contribution in [0.15, 0.2) is 36.4 Å². The van der Waals surface area contributed by atoms with Gasteiger partial charge in [-0.1, -0.05) is 30.4 Å². The van der Waals surface area contributed by atoms with E-state index in [1.807, 2.05) is 31.2 Å². The molecule has 1 heterocycles. The summed E-state index contributed by atoms with van der Waals surface area (Å²) in [5.74, 6) is 0. The number of benzene rings is 1. The zero-order valence-electron chi connectivity index (χ0n) is 8.60. The van der Waals surface area contributed by atoms with Gasteiger partial charge in [-0.3, -0.25) is 9.48 Å². The van der Waals surface area contributed by atoms with E-state index in [1.165, 1.54) is 0 Å². The van der Waals surface area contributed by atoms with E-state index in [-0.39, 0.29) is 0 Å². The largest absolute Gasteiger partial charge is 0.296 e. The van der Waals surface area contributed by atoms with Crippen molar-refractivity contribution in [2.24, 2.45) is 0 Å². The number of carbonyl (C=O) groups is 1. The Balaban J connectivity index is 2.64. The number of fused-ring (bicyclic) bond motifs is 1. The van der Waals surface area contributed by atoms with Crippen LogP contribution >= 0.6 is 0 Å². The second kappa shape index (κ2) is 3.69. The fourth-order valence-electron chi connectivity index (χ4n) is 1.62. The van der Waals surface area contributed by atoms with Crippen molar-refractivity contribution in [3.8, 4) is 0 Å². The maximum absolute atomic E-state index is 10.8. The van der Waals surface area contributed by atoms with E-state index in [9.17, 15) is 4.79 Å². The molecule has 0 radical (unpaired) electrons. The molecule has 0 spiro atoms. The number of rotatable bonds is 3. The van der Waals surface area contributed by atoms with Crippen LogP contribution in [0.3, 0.4) is 0 Å². The molecule has 0 saturated carbocycles. The van der Waals surface area contributed by atoms with Crippen molar-refractivity contribution < 1.29 is 4.79 Å². The molecule has 0 saturated heterocycles. The van der Waals surface area contributed by atoms with Gasteiger partial charge in [0, 0.05) is 5.39 Å². The molecule has 3 heteroatoms. The first-order valence-corrected chi connectivity index (χ1v) is 4.77. The van der Waals surface area contributed by atoms with Crippen LogP contribution in [0.5, 0.6) is 0 Å². The number of para-hydroxylation sites is 1. The highest BCUT2D eigenvalue weighted by molar-refractivity contribution is 5.95. The summed E-state index contributed by atoms with van der Waals surface area (Å²) in [5, 5.41) is 5.13. The Bertz CT molecular complexity index is 525. The highest BCUT2D eigenvalue weighted by atomic mass is 16.1. The summed E-state index contributed by atoms with van der Waals surface area (Å²) < 4.78 is 1.81. The van der Waals surface area contributed by atoms with E-state index in [4.69, 9.17) is 0 Å². The van der Waals surface area contributed by atoms with Gasteiger partial charge >= 0.3 is 0 Å². The van der Waals surface area contributed by atoms with Crippen LogP contribution in [-0.2, 0) is 6.54 Å². The van der Waals surface area contributed by atoms with Crippen molar-refractivity contribution in [2.45, 2.75) is 13.5 Å². The molecule has 0 aliphatic heterocycles. The second-order valence-corrected chi connectivity index (χ2v) is 3.63. The lowest BCUT2D eigenvalue weighted by molar-refractivity contribution is 0.111. The van der Waals surface area contributed by atoms with Crippen LogP contribution in [0.1, 0.15) is 17.4 Å². The molecule has 2 aromatic rings. The minimum atomic E-state index is 0.492. The SMILES string of the molecule is C=C(C)Cn1nc(C=O)c2ccccc21. The van der Waals surface area contributed by atoms with Gasteiger partial charge in [-0.15, -0.1) is 0 Å². The lowest BCUT2D eigenvalue weighted by Crippen LogP contribution is -2.00. The summed E-state index contributed by atoms with van der Waals surface area (Å²) >= 11 is 0. The van der Waals surface area contributed by atoms with Gasteiger partial charge in [-0.05, 0) is 13.0 Å². The Morgan fingerprint density at radius 3 is 2.93 bits per heavy atom. The Labute approximate surface area is 88.0 Å². The predicted molar refractivity (Wildman–Crippen MR) is 59.9 cm³/mol. The molecule has 0 N–H and O–H groups in total. The highest BCUT2D eigenvalue weighted by Gasteiger charge is 2.08. The Kier molecular flexibility index (Phi) is 2.37. The number of allylic oxidation sites excluding steroid dienone is 1. The average molecular weight is 200 g/mol. The molecule has 0 aliphatic rings. The van der Waals surface area contributed by atoms with Crippen LogP contribution in [0.4, 0.5) is 0 Å². The van der Waals surface area contributed by atoms with Crippen LogP contribution in [-0.4, -0.2) is 16.1 Å². The molecule has 0 fully saturated rings. The summed E-state index contributed by atoms with van der Waals surface area (Å²) in [6.07, 6.45) is 0.789. The van der Waals surface area contributed by atoms with E-state index in [0.717, 1.165) is 22.8 Å². The fraction of sp³-hybridized carbons (Fsp3) is 0.167. The summed E-state index contributed by atoms with van der Waals surface area (Å²) in [4.78, 5) is 10.8. The predicted octanol–water partition coefficient (Wildman–Crippen LogP) is 2.42. The minimum absolute atomic E-state index is 0.492. The molecule has 76 valence electrons. The summed E-state index contributed by atoms with van der Waals surface area (Å²) in [5.41, 5.74) is 2.48. The molecule has 3 nitrogen and oxygen atoms in total. The normalized spacial score (nSPS) is 10.5. The third-order valence-electron chi connectivity index (χ3n) is 2.22. The standard InChI is InChI=1S/C12H12N2O/c1-9(2)7-14-12-6-4-3-5-10(12)11(8-15)13-14/h3-6,8H,1,7H2,2H3. The van der Waals surface area contributed by atoms with E-state index in [2.05, 4.69) is 11.7 Å². The first-order valence-electron chi connectivity index (χ1n) is 4.77. The van der Waals surface area contributed by atoms with Gasteiger partial charge in [0.05, 0.1) is 12.1 Å². The van der Waals surface area contributed by atoms with Crippen LogP contribution in [0.25, 0.3) is 10.9 Å². The smallest absolute Gasteiger partial charge is 0.170 e. The zero-order valence-corrected chi connectivity index (χ0v) is 8.60. The van der Waals surface area contributed by atoms with Crippen molar-refractivity contribution in [3.63, 3.8) is 0 Å². The van der Waals surface area contributed by atoms with E-state index in [0.29, 0.717) is 12.2 Å². The van der Waals surface area contributed by atoms with Gasteiger partial charge in [-0.25, -0.2) is 0 Å². The van der Waals surface area contributed by atoms with Gasteiger partial charge in [0.25, 0.3) is 0 Å². The number of nitrogens with zero attached hydrogens (tertiary/aromatic N) is 2. The number of hydrogen-bond acceptors (Lipinski definition) is 2. The minimum Gasteiger partial charge on any atom is -0.296 e. The van der Waals surface area contributed by atoms with E-state index < -0.39 is 0 Å². The third kappa shape index (κ3) is 1.68. The molecule has 0 unspecified atom stereocenters. The molecule has 0 aliphatic carbocycles. The van der Waals surface area contributed by atoms with Crippen molar-refractivity contribution in [2.75, 3.05) is 0 Å². The average Bonchev–Trinajstić information content (AvgIpc) is 2.56. The van der Waals surface area contributed by atoms with Gasteiger partial charge in [0.2, 0.25) is 0 Å². The third-order valence-corrected chi connectivity index (χ3v) is 2.22. The topological polar surface area (TPSA) is 34.9 Å². The van der Waals surface area contributed by atoms with Gasteiger partial charge in [0.1, 0.15) is 5.69 Å². The first kappa shape index (κ1) is 9.65. The van der Waals surface area contributed by atoms with Crippen molar-refractivity contribution in [3.05, 3.63) is 42.1 Å². The lowest BCUT2D eigenvalue weighted by Gasteiger charge is -2.01. The summed E-state index contributed by atoms with van der Waals surface area (Å²) in [7, 11) is 0. The highest BCUT2D eigenvalue weighted by Crippen LogP contribution is 2.17. The first-order chi connectivity index (χ1) is 7.22. The maximum atomic E-state index is 10.8. The quantitative estimate of drug-likeness (QED) is 0.563. The number of carbonyl (C=O) groups excluding carboxylic acids is 1. The lowest BCUT2D eigenvalue weighted by atomic mass is 10.2. The number of aromatic nitrogens is 2. The van der Waals surface area contributed by atoms with Gasteiger partial charge in [0.15, 0.2) is 6.29 Å². The molecule has 0 amide bonds. The fourth-order valence-corrected chi connectivity index (χ4v) is 1.62. The van der Waals surface area contributed by atoms with Crippen molar-refractivity contribution in [1.29, 1.82) is 0 Å². The molecule has 1 aromatic heterocycles. The summed E-state index contributed by atoms with van der Waals surface area (Å²) in [6.45, 7) is 6.43. The number of hydrogen-bond donors (Lipinski definition) is 0. The molecular formula is C12H12N2O. The molecular weight excluding hydrogens is 188 g/mol. The Hall–Kier alpha value is -1.90. The Morgan fingerprint density at radius 2 is 2.27 bits per heavy atom. The molecule has 1 aromatic carbocycles. The summed E-state index contributed by atoms with van der Waals surface area (Å²) in [6, 6.07) is 7.70. The maximum Gasteiger partial charge on any atom is 0.170 e. The second-order valence-electron chi connectivity index (χ2n) is 3.63. The van der Waals surface area contributed by atoms with E-state index >= 15 is 0 Å². The number of aldehydes is 1. The van der Waals surface area contributed by atoms with Gasteiger partial charge in [-0.2, -0.15) is 5.10 Å². The Morgan fingerprint density at radius 1 is 1.53 bits per heavy atom. The van der Waals surface area contributed by atoms with Gasteiger partial charge < -0.3 is 0 Å². The van der Waals surface area contributed by atoms with Crippen LogP contribution in [0.2, 0.25) is 0 Å². The van der Waals surface area contributed by atoms with Crippen LogP contribution < -0.4 is 0 Å². The van der Waals surface area contributed by atoms with Crippen LogP contribution in [0, 0.1) is 0 Å². The van der Waals surface area contributed by atoms with Crippen molar-refractivity contribution in [1.82, 2.24) is 9.78 Å². The van der Waals surface area contributed by atoms with Crippen molar-refractivity contribution >= 4 is 17.2 Å². The monoisotopic (exact) mass is 200 g/mol. The van der Waals surface area contributed by atoms with E-state index in [1.54, 1.807) is 4.68 Å². The molecule has 0 atom stereocenters. The molecule has 2 rings (SSSR count). The zero-order chi connectivity index (χ0) is 10.8. The molecule has 0 bridgehead atoms. The molecule has 15 heavy (non-hydrogen) atoms.